The summed E-state index contributed by atoms with van der Waals surface area (Å²) in [4.78, 5) is 11.9. The fraction of sp³-hybridized carbons (Fsp3) is 0.632. The molecule has 2 saturated carbocycles. The molecule has 1 amide bonds. The molecule has 7 heteroatoms. The molecule has 0 heterocycles. The van der Waals surface area contributed by atoms with E-state index in [0.29, 0.717) is 24.2 Å². The van der Waals surface area contributed by atoms with Crippen LogP contribution in [0.25, 0.3) is 0 Å². The molecular weight excluding hydrogens is 354 g/mol. The van der Waals surface area contributed by atoms with Gasteiger partial charge in [-0.1, -0.05) is 12.8 Å². The van der Waals surface area contributed by atoms with Crippen molar-refractivity contribution < 1.29 is 22.7 Å². The van der Waals surface area contributed by atoms with Crippen LogP contribution >= 0.6 is 0 Å². The summed E-state index contributed by atoms with van der Waals surface area (Å²) in [6, 6.07) is 3.14. The Kier molecular flexibility index (Phi) is 5.87. The monoisotopic (exact) mass is 381 g/mol. The smallest absolute Gasteiger partial charge is 0.250 e. The molecule has 2 fully saturated rings. The first-order chi connectivity index (χ1) is 12.4. The SMILES string of the molecule is COCCS(=O)(=O)c1cc(OCC2CCCC2)c(C2CC2)cc1C(N)=O. The van der Waals surface area contributed by atoms with Crippen LogP contribution in [0.4, 0.5) is 0 Å². The molecule has 0 bridgehead atoms. The van der Waals surface area contributed by atoms with E-state index in [1.54, 1.807) is 6.07 Å². The summed E-state index contributed by atoms with van der Waals surface area (Å²) >= 11 is 0. The molecular formula is C19H27NO5S. The maximum atomic E-state index is 12.7. The van der Waals surface area contributed by atoms with Gasteiger partial charge >= 0.3 is 0 Å². The number of carbonyl (C=O) groups excluding carboxylic acids is 1. The molecule has 0 atom stereocenters. The number of ether oxygens (including phenoxy) is 2. The maximum absolute atomic E-state index is 12.7. The van der Waals surface area contributed by atoms with Crippen LogP contribution in [0, 0.1) is 5.92 Å². The lowest BCUT2D eigenvalue weighted by molar-refractivity contribution is 0.0997. The first kappa shape index (κ1) is 19.2. The summed E-state index contributed by atoms with van der Waals surface area (Å²) in [6.07, 6.45) is 6.79. The van der Waals surface area contributed by atoms with Crippen LogP contribution in [0.2, 0.25) is 0 Å². The van der Waals surface area contributed by atoms with Gasteiger partial charge < -0.3 is 15.2 Å². The molecule has 0 aliphatic heterocycles. The topological polar surface area (TPSA) is 95.7 Å². The Morgan fingerprint density at radius 3 is 2.46 bits per heavy atom. The van der Waals surface area contributed by atoms with E-state index < -0.39 is 15.7 Å². The highest BCUT2D eigenvalue weighted by atomic mass is 32.2. The normalized spacial score (nSPS) is 18.2. The summed E-state index contributed by atoms with van der Waals surface area (Å²) in [7, 11) is -2.24. The van der Waals surface area contributed by atoms with Gasteiger partial charge in [0.25, 0.3) is 0 Å². The average molecular weight is 381 g/mol. The Balaban J connectivity index is 1.95. The first-order valence-corrected chi connectivity index (χ1v) is 10.9. The van der Waals surface area contributed by atoms with Crippen molar-refractivity contribution in [2.75, 3.05) is 26.1 Å². The van der Waals surface area contributed by atoms with E-state index in [1.165, 1.54) is 26.0 Å². The molecule has 144 valence electrons. The highest BCUT2D eigenvalue weighted by Gasteiger charge is 2.32. The van der Waals surface area contributed by atoms with Crippen LogP contribution in [0.3, 0.4) is 0 Å². The molecule has 2 aliphatic carbocycles. The second kappa shape index (κ2) is 7.96. The van der Waals surface area contributed by atoms with Gasteiger partial charge in [-0.25, -0.2) is 8.42 Å². The number of primary amides is 1. The van der Waals surface area contributed by atoms with Gasteiger partial charge in [-0.2, -0.15) is 0 Å². The van der Waals surface area contributed by atoms with Gasteiger partial charge in [0.2, 0.25) is 5.91 Å². The minimum atomic E-state index is -3.69. The van der Waals surface area contributed by atoms with Crippen molar-refractivity contribution in [2.24, 2.45) is 11.7 Å². The van der Waals surface area contributed by atoms with Crippen LogP contribution < -0.4 is 10.5 Å². The van der Waals surface area contributed by atoms with Crippen molar-refractivity contribution >= 4 is 15.7 Å². The van der Waals surface area contributed by atoms with Crippen LogP contribution in [-0.4, -0.2) is 40.4 Å². The van der Waals surface area contributed by atoms with Gasteiger partial charge in [0.05, 0.1) is 29.4 Å². The van der Waals surface area contributed by atoms with E-state index >= 15 is 0 Å². The third kappa shape index (κ3) is 4.38. The maximum Gasteiger partial charge on any atom is 0.250 e. The number of methoxy groups -OCH3 is 1. The second-order valence-electron chi connectivity index (χ2n) is 7.30. The number of nitrogens with two attached hydrogens (primary N) is 1. The zero-order valence-corrected chi connectivity index (χ0v) is 16.0. The number of amides is 1. The van der Waals surface area contributed by atoms with Crippen molar-refractivity contribution in [1.82, 2.24) is 0 Å². The molecule has 26 heavy (non-hydrogen) atoms. The third-order valence-electron chi connectivity index (χ3n) is 5.24. The first-order valence-electron chi connectivity index (χ1n) is 9.24. The average Bonchev–Trinajstić information content (AvgIpc) is 3.32. The minimum absolute atomic E-state index is 0.0483. The largest absolute Gasteiger partial charge is 0.493 e. The summed E-state index contributed by atoms with van der Waals surface area (Å²) in [5.41, 5.74) is 6.43. The standard InChI is InChI=1S/C19H27NO5S/c1-24-8-9-26(22,23)18-11-17(25-12-13-4-2-3-5-13)15(14-6-7-14)10-16(18)19(20)21/h10-11,13-14H,2-9,12H2,1H3,(H2,20,21). The van der Waals surface area contributed by atoms with E-state index in [4.69, 9.17) is 15.2 Å². The van der Waals surface area contributed by atoms with Crippen LogP contribution in [0.5, 0.6) is 5.75 Å². The molecule has 0 radical (unpaired) electrons. The quantitative estimate of drug-likeness (QED) is 0.709. The third-order valence-corrected chi connectivity index (χ3v) is 6.95. The lowest BCUT2D eigenvalue weighted by Gasteiger charge is -2.18. The van der Waals surface area contributed by atoms with Crippen LogP contribution in [0.15, 0.2) is 17.0 Å². The molecule has 2 N–H and O–H groups in total. The molecule has 0 spiro atoms. The van der Waals surface area contributed by atoms with Crippen molar-refractivity contribution in [2.45, 2.75) is 49.3 Å². The lowest BCUT2D eigenvalue weighted by atomic mass is 10.0. The van der Waals surface area contributed by atoms with Crippen molar-refractivity contribution in [3.63, 3.8) is 0 Å². The summed E-state index contributed by atoms with van der Waals surface area (Å²) < 4.78 is 36.3. The minimum Gasteiger partial charge on any atom is -0.493 e. The molecule has 1 aromatic carbocycles. The Morgan fingerprint density at radius 1 is 1.19 bits per heavy atom. The van der Waals surface area contributed by atoms with Crippen molar-refractivity contribution in [3.8, 4) is 5.75 Å². The zero-order chi connectivity index (χ0) is 18.7. The van der Waals surface area contributed by atoms with Crippen molar-refractivity contribution in [1.29, 1.82) is 0 Å². The Bertz CT molecular complexity index is 764. The number of hydrogen-bond donors (Lipinski definition) is 1. The number of rotatable bonds is 9. The highest BCUT2D eigenvalue weighted by molar-refractivity contribution is 7.91. The number of hydrogen-bond acceptors (Lipinski definition) is 5. The van der Waals surface area contributed by atoms with Gasteiger partial charge in [0, 0.05) is 7.11 Å². The molecule has 3 rings (SSSR count). The Hall–Kier alpha value is -1.60. The predicted molar refractivity (Wildman–Crippen MR) is 98.3 cm³/mol. The van der Waals surface area contributed by atoms with Gasteiger partial charge in [-0.05, 0) is 55.2 Å². The fourth-order valence-electron chi connectivity index (χ4n) is 3.55. The van der Waals surface area contributed by atoms with Gasteiger partial charge in [-0.3, -0.25) is 4.79 Å². The lowest BCUT2D eigenvalue weighted by Crippen LogP contribution is -2.20. The summed E-state index contributed by atoms with van der Waals surface area (Å²) in [6.45, 7) is 0.649. The van der Waals surface area contributed by atoms with Gasteiger partial charge in [0.1, 0.15) is 5.75 Å². The molecule has 0 aromatic heterocycles. The van der Waals surface area contributed by atoms with E-state index in [-0.39, 0.29) is 22.8 Å². The summed E-state index contributed by atoms with van der Waals surface area (Å²) in [5, 5.41) is 0. The fourth-order valence-corrected chi connectivity index (χ4v) is 4.94. The molecule has 6 nitrogen and oxygen atoms in total. The predicted octanol–water partition coefficient (Wildman–Crippen LogP) is 2.65. The molecule has 2 aliphatic rings. The van der Waals surface area contributed by atoms with Crippen LogP contribution in [0.1, 0.15) is 60.4 Å². The van der Waals surface area contributed by atoms with Crippen molar-refractivity contribution in [3.05, 3.63) is 23.3 Å². The van der Waals surface area contributed by atoms with E-state index in [2.05, 4.69) is 0 Å². The molecule has 0 saturated heterocycles. The zero-order valence-electron chi connectivity index (χ0n) is 15.2. The van der Waals surface area contributed by atoms with E-state index in [9.17, 15) is 13.2 Å². The second-order valence-corrected chi connectivity index (χ2v) is 9.38. The Morgan fingerprint density at radius 2 is 1.88 bits per heavy atom. The number of carbonyl (C=O) groups is 1. The Labute approximate surface area is 155 Å². The highest BCUT2D eigenvalue weighted by Crippen LogP contribution is 2.46. The number of benzene rings is 1. The van der Waals surface area contributed by atoms with Crippen LogP contribution in [-0.2, 0) is 14.6 Å². The molecule has 0 unspecified atom stereocenters. The van der Waals surface area contributed by atoms with Gasteiger partial charge in [-0.15, -0.1) is 0 Å². The van der Waals surface area contributed by atoms with Gasteiger partial charge in [0.15, 0.2) is 9.84 Å². The number of sulfone groups is 1. The van der Waals surface area contributed by atoms with E-state index in [1.807, 2.05) is 0 Å². The molecule has 1 aromatic rings. The summed E-state index contributed by atoms with van der Waals surface area (Å²) in [5.74, 6) is 0.494. The van der Waals surface area contributed by atoms with E-state index in [0.717, 1.165) is 31.2 Å².